The minimum absolute atomic E-state index is 0.0980. The van der Waals surface area contributed by atoms with Gasteiger partial charge in [0.1, 0.15) is 0 Å². The molecular formula is C13H10Cl2F2N2. The fourth-order valence-electron chi connectivity index (χ4n) is 1.80. The van der Waals surface area contributed by atoms with Gasteiger partial charge in [0.05, 0.1) is 16.1 Å². The molecule has 0 saturated heterocycles. The zero-order valence-corrected chi connectivity index (χ0v) is 11.1. The maximum Gasteiger partial charge on any atom is 0.163 e. The number of nitrogens with one attached hydrogen (secondary N) is 1. The van der Waals surface area contributed by atoms with Gasteiger partial charge in [-0.1, -0.05) is 41.4 Å². The van der Waals surface area contributed by atoms with Crippen LogP contribution in [0, 0.1) is 11.6 Å². The smallest absolute Gasteiger partial charge is 0.163 e. The number of hydrogen-bond acceptors (Lipinski definition) is 2. The van der Waals surface area contributed by atoms with Crippen molar-refractivity contribution in [2.45, 2.75) is 6.04 Å². The molecule has 0 heterocycles. The third-order valence-corrected chi connectivity index (χ3v) is 3.48. The minimum atomic E-state index is -0.948. The first kappa shape index (κ1) is 14.2. The fraction of sp³-hybridized carbons (Fsp3) is 0.0769. The highest BCUT2D eigenvalue weighted by Gasteiger charge is 2.19. The van der Waals surface area contributed by atoms with E-state index in [1.165, 1.54) is 12.1 Å². The molecule has 0 aromatic heterocycles. The van der Waals surface area contributed by atoms with Crippen LogP contribution in [0.15, 0.2) is 36.4 Å². The molecule has 2 rings (SSSR count). The van der Waals surface area contributed by atoms with Crippen molar-refractivity contribution in [3.63, 3.8) is 0 Å². The average molecular weight is 303 g/mol. The second-order valence-corrected chi connectivity index (χ2v) is 4.73. The number of rotatable bonds is 3. The molecule has 0 aliphatic rings. The molecule has 2 aromatic carbocycles. The normalized spacial score (nSPS) is 12.5. The molecule has 19 heavy (non-hydrogen) atoms. The van der Waals surface area contributed by atoms with E-state index in [0.717, 1.165) is 6.07 Å². The van der Waals surface area contributed by atoms with E-state index in [0.29, 0.717) is 15.6 Å². The van der Waals surface area contributed by atoms with Gasteiger partial charge in [0.15, 0.2) is 11.6 Å². The molecule has 0 spiro atoms. The Morgan fingerprint density at radius 2 is 1.79 bits per heavy atom. The van der Waals surface area contributed by atoms with Crippen LogP contribution in [-0.4, -0.2) is 0 Å². The lowest BCUT2D eigenvalue weighted by atomic mass is 9.98. The molecule has 0 aliphatic heterocycles. The van der Waals surface area contributed by atoms with Crippen LogP contribution in [0.3, 0.4) is 0 Å². The van der Waals surface area contributed by atoms with Crippen molar-refractivity contribution < 1.29 is 8.78 Å². The van der Waals surface area contributed by atoms with Crippen molar-refractivity contribution in [2.75, 3.05) is 0 Å². The molecule has 100 valence electrons. The van der Waals surface area contributed by atoms with Gasteiger partial charge in [-0.05, 0) is 23.8 Å². The average Bonchev–Trinajstić information content (AvgIpc) is 2.39. The van der Waals surface area contributed by atoms with E-state index in [-0.39, 0.29) is 5.56 Å². The van der Waals surface area contributed by atoms with E-state index in [1.54, 1.807) is 18.2 Å². The summed E-state index contributed by atoms with van der Waals surface area (Å²) in [6, 6.07) is 7.95. The van der Waals surface area contributed by atoms with Gasteiger partial charge in [0.25, 0.3) is 0 Å². The van der Waals surface area contributed by atoms with Gasteiger partial charge in [-0.15, -0.1) is 0 Å². The molecule has 0 amide bonds. The summed E-state index contributed by atoms with van der Waals surface area (Å²) in [5.41, 5.74) is 3.12. The van der Waals surface area contributed by atoms with Gasteiger partial charge in [0, 0.05) is 5.56 Å². The summed E-state index contributed by atoms with van der Waals surface area (Å²) in [6.07, 6.45) is 0. The summed E-state index contributed by atoms with van der Waals surface area (Å²) < 4.78 is 27.0. The predicted molar refractivity (Wildman–Crippen MR) is 72.0 cm³/mol. The molecule has 1 unspecified atom stereocenters. The molecule has 0 bridgehead atoms. The standard InChI is InChI=1S/C13H10Cl2F2N2/c14-9-5-4-7(6-10(9)15)13(19-18)8-2-1-3-11(16)12(8)17/h1-6,13,19H,18H2. The predicted octanol–water partition coefficient (Wildman–Crippen LogP) is 3.82. The summed E-state index contributed by atoms with van der Waals surface area (Å²) >= 11 is 11.7. The Bertz CT molecular complexity index is 605. The number of hydrazine groups is 1. The Hall–Kier alpha value is -1.20. The van der Waals surface area contributed by atoms with Crippen molar-refractivity contribution in [1.82, 2.24) is 5.43 Å². The molecule has 0 aliphatic carbocycles. The minimum Gasteiger partial charge on any atom is -0.271 e. The zero-order valence-electron chi connectivity index (χ0n) is 9.63. The first-order chi connectivity index (χ1) is 9.04. The third kappa shape index (κ3) is 2.87. The highest BCUT2D eigenvalue weighted by Crippen LogP contribution is 2.30. The summed E-state index contributed by atoms with van der Waals surface area (Å²) in [6.45, 7) is 0. The Labute approximate surface area is 119 Å². The lowest BCUT2D eigenvalue weighted by molar-refractivity contribution is 0.483. The largest absolute Gasteiger partial charge is 0.271 e. The number of halogens is 4. The van der Waals surface area contributed by atoms with Gasteiger partial charge in [0.2, 0.25) is 0 Å². The molecule has 0 radical (unpaired) electrons. The van der Waals surface area contributed by atoms with Crippen molar-refractivity contribution in [1.29, 1.82) is 0 Å². The molecule has 2 aromatic rings. The van der Waals surface area contributed by atoms with Gasteiger partial charge < -0.3 is 0 Å². The van der Waals surface area contributed by atoms with E-state index >= 15 is 0 Å². The first-order valence-electron chi connectivity index (χ1n) is 5.39. The molecule has 0 saturated carbocycles. The van der Waals surface area contributed by atoms with Crippen molar-refractivity contribution in [2.24, 2.45) is 5.84 Å². The highest BCUT2D eigenvalue weighted by molar-refractivity contribution is 6.42. The van der Waals surface area contributed by atoms with E-state index in [2.05, 4.69) is 5.43 Å². The first-order valence-corrected chi connectivity index (χ1v) is 6.15. The van der Waals surface area contributed by atoms with Crippen molar-refractivity contribution in [3.05, 3.63) is 69.2 Å². The number of benzene rings is 2. The molecule has 0 fully saturated rings. The maximum absolute atomic E-state index is 13.8. The summed E-state index contributed by atoms with van der Waals surface area (Å²) in [5.74, 6) is 3.55. The lowest BCUT2D eigenvalue weighted by Crippen LogP contribution is -2.29. The molecule has 1 atom stereocenters. The summed E-state index contributed by atoms with van der Waals surface area (Å²) in [4.78, 5) is 0. The second-order valence-electron chi connectivity index (χ2n) is 3.92. The summed E-state index contributed by atoms with van der Waals surface area (Å²) in [5, 5.41) is 0.692. The van der Waals surface area contributed by atoms with Gasteiger partial charge in [-0.2, -0.15) is 0 Å². The van der Waals surface area contributed by atoms with Crippen LogP contribution >= 0.6 is 23.2 Å². The molecule has 2 nitrogen and oxygen atoms in total. The molecule has 6 heteroatoms. The SMILES string of the molecule is NNC(c1ccc(Cl)c(Cl)c1)c1cccc(F)c1F. The van der Waals surface area contributed by atoms with Gasteiger partial charge >= 0.3 is 0 Å². The van der Waals surface area contributed by atoms with Crippen LogP contribution in [0.5, 0.6) is 0 Å². The van der Waals surface area contributed by atoms with E-state index < -0.39 is 17.7 Å². The van der Waals surface area contributed by atoms with Gasteiger partial charge in [-0.3, -0.25) is 5.84 Å². The monoisotopic (exact) mass is 302 g/mol. The fourth-order valence-corrected chi connectivity index (χ4v) is 2.11. The van der Waals surface area contributed by atoms with Crippen LogP contribution in [0.4, 0.5) is 8.78 Å². The number of hydrogen-bond donors (Lipinski definition) is 2. The van der Waals surface area contributed by atoms with E-state index in [1.807, 2.05) is 0 Å². The number of nitrogens with two attached hydrogens (primary N) is 1. The Balaban J connectivity index is 2.50. The third-order valence-electron chi connectivity index (χ3n) is 2.74. The van der Waals surface area contributed by atoms with Crippen LogP contribution in [-0.2, 0) is 0 Å². The molecular weight excluding hydrogens is 293 g/mol. The van der Waals surface area contributed by atoms with Gasteiger partial charge in [-0.25, -0.2) is 14.2 Å². The van der Waals surface area contributed by atoms with Crippen LogP contribution in [0.2, 0.25) is 10.0 Å². The van der Waals surface area contributed by atoms with Crippen LogP contribution < -0.4 is 11.3 Å². The topological polar surface area (TPSA) is 38.0 Å². The van der Waals surface area contributed by atoms with Crippen molar-refractivity contribution >= 4 is 23.2 Å². The lowest BCUT2D eigenvalue weighted by Gasteiger charge is -2.18. The van der Waals surface area contributed by atoms with E-state index in [4.69, 9.17) is 29.0 Å². The Morgan fingerprint density at radius 3 is 2.42 bits per heavy atom. The highest BCUT2D eigenvalue weighted by atomic mass is 35.5. The maximum atomic E-state index is 13.8. The van der Waals surface area contributed by atoms with Crippen LogP contribution in [0.1, 0.15) is 17.2 Å². The van der Waals surface area contributed by atoms with Crippen LogP contribution in [0.25, 0.3) is 0 Å². The quantitative estimate of drug-likeness (QED) is 0.668. The summed E-state index contributed by atoms with van der Waals surface area (Å²) in [7, 11) is 0. The van der Waals surface area contributed by atoms with E-state index in [9.17, 15) is 8.78 Å². The zero-order chi connectivity index (χ0) is 14.0. The van der Waals surface area contributed by atoms with Crippen molar-refractivity contribution in [3.8, 4) is 0 Å². The second kappa shape index (κ2) is 5.84. The Morgan fingerprint density at radius 1 is 1.05 bits per heavy atom. The Kier molecular flexibility index (Phi) is 4.37. The molecule has 3 N–H and O–H groups in total.